The zero-order valence-electron chi connectivity index (χ0n) is 18.6. The summed E-state index contributed by atoms with van der Waals surface area (Å²) in [7, 11) is -3.81. The predicted octanol–water partition coefficient (Wildman–Crippen LogP) is 4.09. The molecule has 0 spiro atoms. The molecule has 0 saturated heterocycles. The van der Waals surface area contributed by atoms with Crippen molar-refractivity contribution in [3.05, 3.63) is 54.1 Å². The van der Waals surface area contributed by atoms with Gasteiger partial charge >= 0.3 is 0 Å². The number of thioether (sulfide) groups is 1. The monoisotopic (exact) mass is 474 g/mol. The summed E-state index contributed by atoms with van der Waals surface area (Å²) >= 11 is 1.35. The number of imidazole rings is 1. The number of carbonyl (C=O) groups excluding carboxylic acids is 1. The summed E-state index contributed by atoms with van der Waals surface area (Å²) in [6, 6.07) is 14.6. The van der Waals surface area contributed by atoms with Crippen molar-refractivity contribution in [2.75, 3.05) is 5.75 Å². The molecule has 7 nitrogen and oxygen atoms in total. The van der Waals surface area contributed by atoms with Crippen LogP contribution in [-0.4, -0.2) is 29.6 Å². The van der Waals surface area contributed by atoms with Gasteiger partial charge < -0.3 is 9.88 Å². The minimum Gasteiger partial charge on any atom is -0.349 e. The van der Waals surface area contributed by atoms with E-state index in [1.807, 2.05) is 34.9 Å². The molecule has 172 valence electrons. The van der Waals surface area contributed by atoms with Gasteiger partial charge in [0.05, 0.1) is 27.7 Å². The molecule has 0 aliphatic carbocycles. The highest BCUT2D eigenvalue weighted by molar-refractivity contribution is 7.99. The van der Waals surface area contributed by atoms with E-state index in [0.717, 1.165) is 30.5 Å². The number of nitrogens with zero attached hydrogens (tertiary/aromatic N) is 2. The summed E-state index contributed by atoms with van der Waals surface area (Å²) in [6.07, 6.45) is 1.73. The van der Waals surface area contributed by atoms with Crippen molar-refractivity contribution in [3.8, 4) is 0 Å². The molecule has 0 radical (unpaired) electrons. The molecular formula is C23H30N4O3S2. The summed E-state index contributed by atoms with van der Waals surface area (Å²) in [5.41, 5.74) is 2.47. The number of aromatic nitrogens is 2. The maximum atomic E-state index is 12.8. The van der Waals surface area contributed by atoms with E-state index in [9.17, 15) is 13.2 Å². The molecule has 0 fully saturated rings. The second-order valence-corrected chi connectivity index (χ2v) is 10.7. The quantitative estimate of drug-likeness (QED) is 0.430. The van der Waals surface area contributed by atoms with Gasteiger partial charge in [-0.1, -0.05) is 62.9 Å². The van der Waals surface area contributed by atoms with Crippen LogP contribution in [0.5, 0.6) is 0 Å². The average Bonchev–Trinajstić information content (AvgIpc) is 3.08. The maximum Gasteiger partial charge on any atom is 0.238 e. The van der Waals surface area contributed by atoms with Crippen LogP contribution >= 0.6 is 11.8 Å². The lowest BCUT2D eigenvalue weighted by Gasteiger charge is -2.21. The Labute approximate surface area is 193 Å². The Kier molecular flexibility index (Phi) is 7.97. The maximum absolute atomic E-state index is 12.8. The summed E-state index contributed by atoms with van der Waals surface area (Å²) in [5.74, 6) is 0.594. The van der Waals surface area contributed by atoms with Crippen LogP contribution in [0.1, 0.15) is 45.2 Å². The van der Waals surface area contributed by atoms with Gasteiger partial charge in [-0.3, -0.25) is 4.79 Å². The Balaban J connectivity index is 1.78. The van der Waals surface area contributed by atoms with E-state index in [1.54, 1.807) is 6.07 Å². The van der Waals surface area contributed by atoms with E-state index < -0.39 is 10.0 Å². The normalized spacial score (nSPS) is 12.9. The lowest BCUT2D eigenvalue weighted by atomic mass is 9.97. The number of fused-ring (bicyclic) bond motifs is 1. The van der Waals surface area contributed by atoms with Gasteiger partial charge in [0.1, 0.15) is 0 Å². The molecule has 0 aliphatic rings. The van der Waals surface area contributed by atoms with Gasteiger partial charge in [-0.2, -0.15) is 0 Å². The summed E-state index contributed by atoms with van der Waals surface area (Å²) in [4.78, 5) is 17.4. The fraction of sp³-hybridized carbons (Fsp3) is 0.391. The van der Waals surface area contributed by atoms with Crippen molar-refractivity contribution in [2.45, 2.75) is 56.3 Å². The molecule has 1 amide bonds. The van der Waals surface area contributed by atoms with Gasteiger partial charge in [0.15, 0.2) is 5.16 Å². The second kappa shape index (κ2) is 10.5. The van der Waals surface area contributed by atoms with E-state index in [4.69, 9.17) is 5.14 Å². The third-order valence-corrected chi connectivity index (χ3v) is 6.92. The molecule has 2 aromatic carbocycles. The first-order valence-corrected chi connectivity index (χ1v) is 13.2. The number of primary sulfonamides is 1. The minimum atomic E-state index is -3.81. The number of amides is 1. The minimum absolute atomic E-state index is 0.0276. The standard InChI is InChI=1S/C23H30N4O3S2/c1-4-12-27-21-11-10-18(32(24,29)30)14-20(21)26-23(27)31-15-22(28)25-19(13-16(2)3)17-8-6-5-7-9-17/h5-11,14,16,19H,4,12-13,15H2,1-3H3,(H,25,28)(H2,24,29,30). The van der Waals surface area contributed by atoms with E-state index in [-0.39, 0.29) is 22.6 Å². The molecule has 0 saturated carbocycles. The van der Waals surface area contributed by atoms with Crippen molar-refractivity contribution >= 4 is 38.7 Å². The van der Waals surface area contributed by atoms with Gasteiger partial charge in [-0.25, -0.2) is 18.5 Å². The zero-order chi connectivity index (χ0) is 23.3. The summed E-state index contributed by atoms with van der Waals surface area (Å²) < 4.78 is 25.4. The highest BCUT2D eigenvalue weighted by Gasteiger charge is 2.19. The molecule has 3 N–H and O–H groups in total. The number of carbonyl (C=O) groups is 1. The first-order valence-electron chi connectivity index (χ1n) is 10.7. The molecule has 1 heterocycles. The van der Waals surface area contributed by atoms with Gasteiger partial charge in [0.2, 0.25) is 15.9 Å². The number of hydrogen-bond acceptors (Lipinski definition) is 5. The van der Waals surface area contributed by atoms with Crippen molar-refractivity contribution in [2.24, 2.45) is 11.1 Å². The van der Waals surface area contributed by atoms with Crippen molar-refractivity contribution < 1.29 is 13.2 Å². The molecule has 32 heavy (non-hydrogen) atoms. The number of sulfonamides is 1. The fourth-order valence-corrected chi connectivity index (χ4v) is 5.00. The van der Waals surface area contributed by atoms with Crippen LogP contribution in [0.2, 0.25) is 0 Å². The van der Waals surface area contributed by atoms with E-state index in [0.29, 0.717) is 16.6 Å². The molecule has 3 aromatic rings. The Hall–Kier alpha value is -2.36. The van der Waals surface area contributed by atoms with Crippen LogP contribution in [0.4, 0.5) is 0 Å². The van der Waals surface area contributed by atoms with Crippen molar-refractivity contribution in [1.82, 2.24) is 14.9 Å². The van der Waals surface area contributed by atoms with Gasteiger partial charge in [0, 0.05) is 6.54 Å². The first-order chi connectivity index (χ1) is 15.2. The number of nitrogens with two attached hydrogens (primary N) is 1. The first kappa shape index (κ1) is 24.3. The van der Waals surface area contributed by atoms with Gasteiger partial charge in [0.25, 0.3) is 0 Å². The van der Waals surface area contributed by atoms with Crippen LogP contribution in [0.25, 0.3) is 11.0 Å². The lowest BCUT2D eigenvalue weighted by molar-refractivity contribution is -0.119. The SMILES string of the molecule is CCCn1c(SCC(=O)NC(CC(C)C)c2ccccc2)nc2cc(S(N)(=O)=O)ccc21. The fourth-order valence-electron chi connectivity index (χ4n) is 3.62. The number of nitrogens with one attached hydrogen (secondary N) is 1. The van der Waals surface area contributed by atoms with Gasteiger partial charge in [-0.05, 0) is 42.5 Å². The average molecular weight is 475 g/mol. The summed E-state index contributed by atoms with van der Waals surface area (Å²) in [6.45, 7) is 7.05. The molecule has 1 atom stereocenters. The van der Waals surface area contributed by atoms with Crippen LogP contribution in [0.15, 0.2) is 58.6 Å². The van der Waals surface area contributed by atoms with Crippen LogP contribution in [-0.2, 0) is 21.4 Å². The third-order valence-electron chi connectivity index (χ3n) is 5.04. The van der Waals surface area contributed by atoms with Crippen LogP contribution < -0.4 is 10.5 Å². The smallest absolute Gasteiger partial charge is 0.238 e. The molecule has 3 rings (SSSR count). The second-order valence-electron chi connectivity index (χ2n) is 8.19. The Morgan fingerprint density at radius 2 is 1.91 bits per heavy atom. The summed E-state index contributed by atoms with van der Waals surface area (Å²) in [5, 5.41) is 9.10. The number of aryl methyl sites for hydroxylation is 1. The highest BCUT2D eigenvalue weighted by atomic mass is 32.2. The molecule has 0 bridgehead atoms. The molecular weight excluding hydrogens is 444 g/mol. The number of rotatable bonds is 10. The van der Waals surface area contributed by atoms with E-state index in [2.05, 4.69) is 31.1 Å². The van der Waals surface area contributed by atoms with Crippen molar-refractivity contribution in [1.29, 1.82) is 0 Å². The van der Waals surface area contributed by atoms with Gasteiger partial charge in [-0.15, -0.1) is 0 Å². The van der Waals surface area contributed by atoms with E-state index in [1.165, 1.54) is 23.9 Å². The topological polar surface area (TPSA) is 107 Å². The Morgan fingerprint density at radius 1 is 1.19 bits per heavy atom. The largest absolute Gasteiger partial charge is 0.349 e. The highest BCUT2D eigenvalue weighted by Crippen LogP contribution is 2.27. The third kappa shape index (κ3) is 6.11. The van der Waals surface area contributed by atoms with E-state index >= 15 is 0 Å². The Morgan fingerprint density at radius 3 is 2.53 bits per heavy atom. The molecule has 0 aliphatic heterocycles. The van der Waals surface area contributed by atoms with Crippen LogP contribution in [0, 0.1) is 5.92 Å². The lowest BCUT2D eigenvalue weighted by Crippen LogP contribution is -2.31. The zero-order valence-corrected chi connectivity index (χ0v) is 20.2. The molecule has 1 aromatic heterocycles. The molecule has 9 heteroatoms. The van der Waals surface area contributed by atoms with Crippen LogP contribution in [0.3, 0.4) is 0 Å². The Bertz CT molecular complexity index is 1170. The van der Waals surface area contributed by atoms with Crippen molar-refractivity contribution in [3.63, 3.8) is 0 Å². The predicted molar refractivity (Wildman–Crippen MR) is 129 cm³/mol. The number of hydrogen-bond donors (Lipinski definition) is 2. The molecule has 1 unspecified atom stereocenters. The number of benzene rings is 2.